The molecule has 0 radical (unpaired) electrons. The Bertz CT molecular complexity index is 1110. The average molecular weight is 381 g/mol. The number of rotatable bonds is 5. The molecule has 1 aromatic carbocycles. The topological polar surface area (TPSA) is 44.5 Å². The summed E-state index contributed by atoms with van der Waals surface area (Å²) in [7, 11) is 1.57. The zero-order chi connectivity index (χ0) is 19.5. The third-order valence-electron chi connectivity index (χ3n) is 4.38. The molecule has 142 valence electrons. The molecule has 4 nitrogen and oxygen atoms in total. The van der Waals surface area contributed by atoms with Crippen LogP contribution in [0.15, 0.2) is 65.2 Å². The van der Waals surface area contributed by atoms with Crippen molar-refractivity contribution >= 4 is 11.6 Å². The molecule has 0 atom stereocenters. The van der Waals surface area contributed by atoms with Gasteiger partial charge in [0.1, 0.15) is 16.9 Å². The first-order chi connectivity index (χ1) is 13.6. The van der Waals surface area contributed by atoms with E-state index >= 15 is 0 Å². The van der Waals surface area contributed by atoms with Crippen molar-refractivity contribution in [3.63, 3.8) is 0 Å². The van der Waals surface area contributed by atoms with Crippen molar-refractivity contribution in [2.24, 2.45) is 0 Å². The van der Waals surface area contributed by atoms with E-state index in [2.05, 4.69) is 21.9 Å². The average Bonchev–Trinajstić information content (AvgIpc) is 3.02. The van der Waals surface area contributed by atoms with E-state index < -0.39 is 6.61 Å². The Morgan fingerprint density at radius 3 is 2.54 bits per heavy atom. The number of methoxy groups -OCH3 is 1. The molecule has 0 amide bonds. The number of allylic oxidation sites excluding steroid dienone is 2. The molecule has 2 heterocycles. The fourth-order valence-corrected chi connectivity index (χ4v) is 3.05. The molecule has 0 saturated heterocycles. The third kappa shape index (κ3) is 3.67. The van der Waals surface area contributed by atoms with Gasteiger partial charge in [0.05, 0.1) is 7.11 Å². The van der Waals surface area contributed by atoms with Crippen molar-refractivity contribution in [2.75, 3.05) is 7.11 Å². The fraction of sp³-hybridized carbons (Fsp3) is 0.136. The first-order valence-electron chi connectivity index (χ1n) is 8.70. The molecule has 1 aliphatic carbocycles. The van der Waals surface area contributed by atoms with Crippen LogP contribution in [0.25, 0.3) is 23.0 Å². The van der Waals surface area contributed by atoms with Crippen molar-refractivity contribution in [1.82, 2.24) is 4.98 Å². The van der Waals surface area contributed by atoms with Gasteiger partial charge in [-0.2, -0.15) is 8.78 Å². The third-order valence-corrected chi connectivity index (χ3v) is 4.38. The van der Waals surface area contributed by atoms with Crippen LogP contribution in [0.1, 0.15) is 12.0 Å². The molecule has 4 rings (SSSR count). The smallest absolute Gasteiger partial charge is 0.387 e. The van der Waals surface area contributed by atoms with Gasteiger partial charge in [-0.15, -0.1) is 0 Å². The van der Waals surface area contributed by atoms with Crippen LogP contribution in [0.4, 0.5) is 8.78 Å². The monoisotopic (exact) mass is 381 g/mol. The van der Waals surface area contributed by atoms with E-state index in [4.69, 9.17) is 9.15 Å². The molecule has 1 aliphatic rings. The summed E-state index contributed by atoms with van der Waals surface area (Å²) >= 11 is 0. The first-order valence-corrected chi connectivity index (χ1v) is 8.70. The summed E-state index contributed by atoms with van der Waals surface area (Å²) in [5.41, 5.74) is 3.35. The highest BCUT2D eigenvalue weighted by Gasteiger charge is 2.11. The largest absolute Gasteiger partial charge is 0.481 e. The predicted octanol–water partition coefficient (Wildman–Crippen LogP) is 3.89. The number of fused-ring (bicyclic) bond motifs is 1. The second kappa shape index (κ2) is 7.68. The minimum absolute atomic E-state index is 0.109. The van der Waals surface area contributed by atoms with Crippen LogP contribution >= 0.6 is 0 Å². The van der Waals surface area contributed by atoms with Gasteiger partial charge in [-0.25, -0.2) is 4.98 Å². The molecule has 0 unspecified atom stereocenters. The van der Waals surface area contributed by atoms with Crippen molar-refractivity contribution in [3.05, 3.63) is 77.0 Å². The molecule has 0 bridgehead atoms. The van der Waals surface area contributed by atoms with Gasteiger partial charge in [0.2, 0.25) is 5.88 Å². The lowest BCUT2D eigenvalue weighted by molar-refractivity contribution is -0.0498. The van der Waals surface area contributed by atoms with E-state index in [1.807, 2.05) is 18.2 Å². The Labute approximate surface area is 160 Å². The predicted molar refractivity (Wildman–Crippen MR) is 102 cm³/mol. The highest BCUT2D eigenvalue weighted by atomic mass is 19.3. The number of hydrogen-bond acceptors (Lipinski definition) is 4. The molecule has 0 saturated carbocycles. The maximum Gasteiger partial charge on any atom is 0.387 e. The van der Waals surface area contributed by atoms with Gasteiger partial charge in [0.25, 0.3) is 0 Å². The SMILES string of the molecule is COc1ccc(C2=c3oc(-c4ccc(OC(F)F)cc4)cc3=CCC=C2)cn1. The second-order valence-corrected chi connectivity index (χ2v) is 6.14. The minimum atomic E-state index is -2.85. The summed E-state index contributed by atoms with van der Waals surface area (Å²) in [6.07, 6.45) is 8.67. The fourth-order valence-electron chi connectivity index (χ4n) is 3.05. The molecule has 3 aromatic rings. The van der Waals surface area contributed by atoms with E-state index in [1.165, 1.54) is 12.1 Å². The van der Waals surface area contributed by atoms with Crippen LogP contribution in [0.2, 0.25) is 0 Å². The Balaban J connectivity index is 1.78. The number of hydrogen-bond donors (Lipinski definition) is 0. The van der Waals surface area contributed by atoms with Gasteiger partial charge >= 0.3 is 6.61 Å². The quantitative estimate of drug-likeness (QED) is 0.673. The highest BCUT2D eigenvalue weighted by Crippen LogP contribution is 2.23. The van der Waals surface area contributed by atoms with E-state index in [0.29, 0.717) is 11.6 Å². The van der Waals surface area contributed by atoms with Gasteiger partial charge in [0, 0.05) is 34.2 Å². The standard InChI is InChI=1S/C22H17F2NO3/c1-26-20-11-8-16(13-25-20)18-5-3-2-4-15-12-19(28-21(15)18)14-6-9-17(10-7-14)27-22(23)24/h3-13,22H,2H2,1H3. The summed E-state index contributed by atoms with van der Waals surface area (Å²) < 4.78 is 40.3. The number of ether oxygens (including phenoxy) is 2. The zero-order valence-electron chi connectivity index (χ0n) is 15.1. The summed E-state index contributed by atoms with van der Waals surface area (Å²) in [6, 6.07) is 12.1. The maximum absolute atomic E-state index is 12.3. The molecule has 0 N–H and O–H groups in total. The van der Waals surface area contributed by atoms with Crippen LogP contribution < -0.4 is 20.1 Å². The summed E-state index contributed by atoms with van der Waals surface area (Å²) in [5.74, 6) is 1.30. The van der Waals surface area contributed by atoms with E-state index in [0.717, 1.165) is 33.8 Å². The maximum atomic E-state index is 12.3. The number of halogens is 2. The number of nitrogens with zero attached hydrogens (tertiary/aromatic N) is 1. The normalized spacial score (nSPS) is 13.1. The molecular formula is C22H17F2NO3. The highest BCUT2D eigenvalue weighted by molar-refractivity contribution is 5.74. The Morgan fingerprint density at radius 1 is 1.07 bits per heavy atom. The van der Waals surface area contributed by atoms with Crippen molar-refractivity contribution in [3.8, 4) is 23.0 Å². The van der Waals surface area contributed by atoms with Crippen LogP contribution in [0.3, 0.4) is 0 Å². The molecule has 0 fully saturated rings. The summed E-state index contributed by atoms with van der Waals surface area (Å²) in [4.78, 5) is 4.27. The summed E-state index contributed by atoms with van der Waals surface area (Å²) in [5, 5.41) is 0.971. The van der Waals surface area contributed by atoms with Gasteiger partial charge in [-0.05, 0) is 42.8 Å². The van der Waals surface area contributed by atoms with Crippen molar-refractivity contribution < 1.29 is 22.7 Å². The summed E-state index contributed by atoms with van der Waals surface area (Å²) in [6.45, 7) is -2.85. The lowest BCUT2D eigenvalue weighted by Crippen LogP contribution is -2.21. The zero-order valence-corrected chi connectivity index (χ0v) is 15.1. The van der Waals surface area contributed by atoms with E-state index in [9.17, 15) is 8.78 Å². The van der Waals surface area contributed by atoms with Crippen LogP contribution in [0.5, 0.6) is 11.6 Å². The van der Waals surface area contributed by atoms with Gasteiger partial charge in [-0.3, -0.25) is 0 Å². The lowest BCUT2D eigenvalue weighted by Gasteiger charge is -2.04. The minimum Gasteiger partial charge on any atom is -0.481 e. The molecular weight excluding hydrogens is 364 g/mol. The van der Waals surface area contributed by atoms with Gasteiger partial charge in [0.15, 0.2) is 0 Å². The van der Waals surface area contributed by atoms with E-state index in [1.54, 1.807) is 31.5 Å². The van der Waals surface area contributed by atoms with E-state index in [-0.39, 0.29) is 5.75 Å². The number of alkyl halides is 2. The van der Waals surface area contributed by atoms with Crippen LogP contribution in [-0.2, 0) is 0 Å². The van der Waals surface area contributed by atoms with Crippen molar-refractivity contribution in [2.45, 2.75) is 13.0 Å². The number of aromatic nitrogens is 1. The molecule has 2 aromatic heterocycles. The molecule has 0 spiro atoms. The molecule has 28 heavy (non-hydrogen) atoms. The number of pyridine rings is 1. The van der Waals surface area contributed by atoms with Gasteiger partial charge in [-0.1, -0.05) is 18.2 Å². The molecule has 0 aliphatic heterocycles. The Hall–Kier alpha value is -3.41. The number of benzene rings is 1. The number of furan rings is 1. The first kappa shape index (κ1) is 18.0. The van der Waals surface area contributed by atoms with Gasteiger partial charge < -0.3 is 13.9 Å². The Kier molecular flexibility index (Phi) is 4.93. The second-order valence-electron chi connectivity index (χ2n) is 6.14. The lowest BCUT2D eigenvalue weighted by atomic mass is 10.1. The van der Waals surface area contributed by atoms with Crippen LogP contribution in [0, 0.1) is 0 Å². The molecule has 6 heteroatoms. The Morgan fingerprint density at radius 2 is 1.86 bits per heavy atom. The van der Waals surface area contributed by atoms with Crippen LogP contribution in [-0.4, -0.2) is 18.7 Å². The van der Waals surface area contributed by atoms with Crippen molar-refractivity contribution in [1.29, 1.82) is 0 Å².